The molecule has 1 saturated heterocycles. The Bertz CT molecular complexity index is 493. The molecule has 0 saturated carbocycles. The molecule has 7 heteroatoms. The Hall–Kier alpha value is -1.47. The van der Waals surface area contributed by atoms with E-state index in [-0.39, 0.29) is 18.3 Å². The van der Waals surface area contributed by atoms with Crippen LogP contribution in [0.5, 0.6) is 0 Å². The van der Waals surface area contributed by atoms with E-state index < -0.39 is 12.4 Å². The van der Waals surface area contributed by atoms with Gasteiger partial charge >= 0.3 is 5.97 Å². The Balaban J connectivity index is 1.96. The van der Waals surface area contributed by atoms with E-state index in [0.29, 0.717) is 25.4 Å². The summed E-state index contributed by atoms with van der Waals surface area (Å²) < 4.78 is 35.1. The zero-order valence-corrected chi connectivity index (χ0v) is 12.9. The van der Waals surface area contributed by atoms with E-state index in [9.17, 15) is 13.6 Å². The number of nitrogens with zero attached hydrogens (tertiary/aromatic N) is 2. The zero-order chi connectivity index (χ0) is 16.1. The molecule has 0 aliphatic carbocycles. The lowest BCUT2D eigenvalue weighted by atomic mass is 10.2. The zero-order valence-electron chi connectivity index (χ0n) is 12.9. The lowest BCUT2D eigenvalue weighted by Gasteiger charge is -2.26. The molecule has 0 unspecified atom stereocenters. The van der Waals surface area contributed by atoms with Gasteiger partial charge in [-0.2, -0.15) is 0 Å². The molecule has 0 bridgehead atoms. The number of alkyl halides is 2. The number of hydrogen-bond acceptors (Lipinski definition) is 5. The smallest absolute Gasteiger partial charge is 0.373 e. The van der Waals surface area contributed by atoms with Crippen molar-refractivity contribution in [3.8, 4) is 0 Å². The van der Waals surface area contributed by atoms with E-state index >= 15 is 0 Å². The van der Waals surface area contributed by atoms with Gasteiger partial charge in [-0.1, -0.05) is 0 Å². The summed E-state index contributed by atoms with van der Waals surface area (Å²) in [5, 5.41) is 0. The molecular weight excluding hydrogens is 294 g/mol. The van der Waals surface area contributed by atoms with Crippen LogP contribution in [0.15, 0.2) is 16.5 Å². The molecule has 0 amide bonds. The number of furan rings is 1. The summed E-state index contributed by atoms with van der Waals surface area (Å²) in [7, 11) is 1.31. The first kappa shape index (κ1) is 16.9. The lowest BCUT2D eigenvalue weighted by molar-refractivity contribution is 0.0559. The minimum atomic E-state index is -2.29. The predicted octanol–water partition coefficient (Wildman–Crippen LogP) is 2.40. The molecule has 5 nitrogen and oxygen atoms in total. The average molecular weight is 316 g/mol. The third-order valence-corrected chi connectivity index (χ3v) is 3.99. The van der Waals surface area contributed by atoms with E-state index in [1.54, 1.807) is 17.0 Å². The summed E-state index contributed by atoms with van der Waals surface area (Å²) in [6.45, 7) is 4.62. The van der Waals surface area contributed by atoms with E-state index in [4.69, 9.17) is 4.42 Å². The first-order chi connectivity index (χ1) is 10.5. The normalized spacial score (nSPS) is 19.1. The third-order valence-electron chi connectivity index (χ3n) is 3.99. The van der Waals surface area contributed by atoms with Gasteiger partial charge in [0.1, 0.15) is 5.76 Å². The summed E-state index contributed by atoms with van der Waals surface area (Å²) in [5.41, 5.74) is 0. The van der Waals surface area contributed by atoms with Crippen LogP contribution >= 0.6 is 0 Å². The van der Waals surface area contributed by atoms with Gasteiger partial charge in [-0.05, 0) is 32.0 Å². The van der Waals surface area contributed by atoms with Crippen molar-refractivity contribution < 1.29 is 22.7 Å². The molecule has 2 heterocycles. The predicted molar refractivity (Wildman–Crippen MR) is 77.1 cm³/mol. The van der Waals surface area contributed by atoms with Crippen LogP contribution in [0.3, 0.4) is 0 Å². The summed E-state index contributed by atoms with van der Waals surface area (Å²) in [6, 6.07) is 3.35. The maximum absolute atomic E-state index is 12.5. The molecule has 1 atom stereocenters. The number of rotatable bonds is 5. The Labute approximate surface area is 128 Å². The second-order valence-corrected chi connectivity index (χ2v) is 5.45. The molecule has 2 rings (SSSR count). The minimum Gasteiger partial charge on any atom is -0.463 e. The van der Waals surface area contributed by atoms with Crippen LogP contribution in [0.1, 0.15) is 35.7 Å². The SMILES string of the molecule is COC(=O)c1ccc([C@H](C)N2CCCN(CC(F)F)CC2)o1. The first-order valence-corrected chi connectivity index (χ1v) is 7.44. The van der Waals surface area contributed by atoms with Gasteiger partial charge in [0.25, 0.3) is 6.43 Å². The van der Waals surface area contributed by atoms with E-state index in [1.165, 1.54) is 7.11 Å². The molecule has 1 aliphatic rings. The van der Waals surface area contributed by atoms with Gasteiger partial charge in [0, 0.05) is 19.6 Å². The topological polar surface area (TPSA) is 45.9 Å². The Morgan fingerprint density at radius 3 is 2.77 bits per heavy atom. The standard InChI is InChI=1S/C15H22F2N2O3/c1-11(12-4-5-13(22-12)15(20)21-2)19-7-3-6-18(8-9-19)10-14(16)17/h4-5,11,14H,3,6-10H2,1-2H3/t11-/m0/s1. The second kappa shape index (κ2) is 7.69. The number of methoxy groups -OCH3 is 1. The highest BCUT2D eigenvalue weighted by Gasteiger charge is 2.24. The van der Waals surface area contributed by atoms with Gasteiger partial charge in [0.05, 0.1) is 19.7 Å². The van der Waals surface area contributed by atoms with Crippen molar-refractivity contribution in [1.29, 1.82) is 0 Å². The van der Waals surface area contributed by atoms with E-state index in [2.05, 4.69) is 9.64 Å². The van der Waals surface area contributed by atoms with E-state index in [0.717, 1.165) is 13.0 Å². The molecule has 0 spiro atoms. The lowest BCUT2D eigenvalue weighted by Crippen LogP contribution is -2.34. The van der Waals surface area contributed by atoms with Crippen LogP contribution in [-0.4, -0.2) is 62.0 Å². The van der Waals surface area contributed by atoms with Gasteiger partial charge in [0.2, 0.25) is 5.76 Å². The average Bonchev–Trinajstić information content (AvgIpc) is 2.87. The highest BCUT2D eigenvalue weighted by molar-refractivity contribution is 5.86. The molecule has 0 aromatic carbocycles. The highest BCUT2D eigenvalue weighted by Crippen LogP contribution is 2.24. The van der Waals surface area contributed by atoms with Crippen molar-refractivity contribution in [3.63, 3.8) is 0 Å². The molecule has 124 valence electrons. The van der Waals surface area contributed by atoms with Crippen LogP contribution in [0.25, 0.3) is 0 Å². The number of halogens is 2. The first-order valence-electron chi connectivity index (χ1n) is 7.44. The maximum Gasteiger partial charge on any atom is 0.373 e. The van der Waals surface area contributed by atoms with Gasteiger partial charge < -0.3 is 9.15 Å². The third kappa shape index (κ3) is 4.27. The molecule has 1 aromatic rings. The quantitative estimate of drug-likeness (QED) is 0.781. The number of carbonyl (C=O) groups is 1. The monoisotopic (exact) mass is 316 g/mol. The molecule has 0 N–H and O–H groups in total. The largest absolute Gasteiger partial charge is 0.463 e. The number of carbonyl (C=O) groups excluding carboxylic acids is 1. The van der Waals surface area contributed by atoms with Gasteiger partial charge in [-0.3, -0.25) is 9.80 Å². The van der Waals surface area contributed by atoms with Crippen LogP contribution in [0.2, 0.25) is 0 Å². The summed E-state index contributed by atoms with van der Waals surface area (Å²) in [6.07, 6.45) is -1.46. The van der Waals surface area contributed by atoms with Gasteiger partial charge in [-0.15, -0.1) is 0 Å². The minimum absolute atomic E-state index is 0.00935. The Morgan fingerprint density at radius 2 is 2.09 bits per heavy atom. The number of hydrogen-bond donors (Lipinski definition) is 0. The Morgan fingerprint density at radius 1 is 1.32 bits per heavy atom. The van der Waals surface area contributed by atoms with Crippen molar-refractivity contribution in [2.45, 2.75) is 25.8 Å². The summed E-state index contributed by atoms with van der Waals surface area (Å²) >= 11 is 0. The molecule has 22 heavy (non-hydrogen) atoms. The molecule has 1 aliphatic heterocycles. The van der Waals surface area contributed by atoms with Crippen molar-refractivity contribution in [2.75, 3.05) is 39.8 Å². The van der Waals surface area contributed by atoms with Crippen LogP contribution in [0, 0.1) is 0 Å². The van der Waals surface area contributed by atoms with Crippen molar-refractivity contribution >= 4 is 5.97 Å². The van der Waals surface area contributed by atoms with E-state index in [1.807, 2.05) is 6.92 Å². The summed E-state index contributed by atoms with van der Waals surface area (Å²) in [4.78, 5) is 15.4. The van der Waals surface area contributed by atoms with Crippen LogP contribution in [-0.2, 0) is 4.74 Å². The summed E-state index contributed by atoms with van der Waals surface area (Å²) in [5.74, 6) is 0.360. The van der Waals surface area contributed by atoms with Gasteiger partial charge in [-0.25, -0.2) is 13.6 Å². The molecule has 0 radical (unpaired) electrons. The fourth-order valence-corrected chi connectivity index (χ4v) is 2.72. The van der Waals surface area contributed by atoms with Crippen LogP contribution in [0.4, 0.5) is 8.78 Å². The molecular formula is C15H22F2N2O3. The van der Waals surface area contributed by atoms with Crippen molar-refractivity contribution in [3.05, 3.63) is 23.7 Å². The maximum atomic E-state index is 12.5. The molecule has 1 fully saturated rings. The van der Waals surface area contributed by atoms with Crippen LogP contribution < -0.4 is 0 Å². The fourth-order valence-electron chi connectivity index (χ4n) is 2.72. The number of esters is 1. The Kier molecular flexibility index (Phi) is 5.90. The number of ether oxygens (including phenoxy) is 1. The second-order valence-electron chi connectivity index (χ2n) is 5.45. The van der Waals surface area contributed by atoms with Gasteiger partial charge in [0.15, 0.2) is 0 Å². The fraction of sp³-hybridized carbons (Fsp3) is 0.667. The molecule has 1 aromatic heterocycles. The highest BCUT2D eigenvalue weighted by atomic mass is 19.3. The van der Waals surface area contributed by atoms with Crippen molar-refractivity contribution in [1.82, 2.24) is 9.80 Å². The van der Waals surface area contributed by atoms with Crippen molar-refractivity contribution in [2.24, 2.45) is 0 Å².